The summed E-state index contributed by atoms with van der Waals surface area (Å²) in [5.41, 5.74) is 5.00. The molecule has 1 nitrogen and oxygen atoms in total. The van der Waals surface area contributed by atoms with E-state index in [-0.39, 0.29) is 5.69 Å². The van der Waals surface area contributed by atoms with Crippen LogP contribution in [-0.4, -0.2) is 0 Å². The van der Waals surface area contributed by atoms with Crippen molar-refractivity contribution >= 4 is 29.1 Å². The number of benzene rings is 2. The summed E-state index contributed by atoms with van der Waals surface area (Å²) in [6, 6.07) is 10.4. The number of halogens is 4. The first-order valence-electron chi connectivity index (χ1n) is 5.26. The highest BCUT2D eigenvalue weighted by atomic mass is 35.5. The van der Waals surface area contributed by atoms with Crippen molar-refractivity contribution < 1.29 is 13.2 Å². The molecule has 100 valence electrons. The quantitative estimate of drug-likeness (QED) is 0.782. The summed E-state index contributed by atoms with van der Waals surface area (Å²) in [4.78, 5) is 1.38. The fraction of sp³-hybridized carbons (Fsp3) is 0.0769. The molecule has 2 N–H and O–H groups in total. The van der Waals surface area contributed by atoms with Gasteiger partial charge in [0.15, 0.2) is 0 Å². The molecule has 0 saturated heterocycles. The maximum Gasteiger partial charge on any atom is 0.416 e. The van der Waals surface area contributed by atoms with Crippen molar-refractivity contribution in [3.05, 3.63) is 53.1 Å². The maximum atomic E-state index is 12.5. The highest BCUT2D eigenvalue weighted by molar-refractivity contribution is 7.99. The van der Waals surface area contributed by atoms with Crippen molar-refractivity contribution in [2.45, 2.75) is 16.0 Å². The largest absolute Gasteiger partial charge is 0.416 e. The van der Waals surface area contributed by atoms with Crippen LogP contribution in [0.2, 0.25) is 5.02 Å². The number of hydrogen-bond acceptors (Lipinski definition) is 2. The van der Waals surface area contributed by atoms with E-state index in [1.807, 2.05) is 6.07 Å². The van der Waals surface area contributed by atoms with Crippen molar-refractivity contribution in [2.75, 3.05) is 5.73 Å². The molecule has 0 radical (unpaired) electrons. The molecule has 0 fully saturated rings. The average molecular weight is 304 g/mol. The summed E-state index contributed by atoms with van der Waals surface area (Å²) in [5, 5.41) is 0.565. The lowest BCUT2D eigenvalue weighted by Crippen LogP contribution is -2.05. The first kappa shape index (κ1) is 14.1. The van der Waals surface area contributed by atoms with Crippen molar-refractivity contribution in [3.8, 4) is 0 Å². The van der Waals surface area contributed by atoms with Crippen LogP contribution < -0.4 is 5.73 Å². The van der Waals surface area contributed by atoms with Crippen LogP contribution in [0, 0.1) is 0 Å². The van der Waals surface area contributed by atoms with Crippen LogP contribution >= 0.6 is 23.4 Å². The third kappa shape index (κ3) is 3.58. The van der Waals surface area contributed by atoms with Gasteiger partial charge in [0, 0.05) is 20.5 Å². The van der Waals surface area contributed by atoms with Crippen LogP contribution in [0.15, 0.2) is 52.3 Å². The van der Waals surface area contributed by atoms with Crippen LogP contribution in [0.5, 0.6) is 0 Å². The van der Waals surface area contributed by atoms with Gasteiger partial charge in [0.25, 0.3) is 0 Å². The van der Waals surface area contributed by atoms with Gasteiger partial charge in [-0.1, -0.05) is 29.4 Å². The van der Waals surface area contributed by atoms with Gasteiger partial charge in [-0.15, -0.1) is 0 Å². The normalized spacial score (nSPS) is 11.6. The van der Waals surface area contributed by atoms with E-state index in [0.29, 0.717) is 9.92 Å². The number of hydrogen-bond donors (Lipinski definition) is 1. The van der Waals surface area contributed by atoms with Crippen molar-refractivity contribution in [2.24, 2.45) is 0 Å². The summed E-state index contributed by atoms with van der Waals surface area (Å²) >= 11 is 7.11. The van der Waals surface area contributed by atoms with Gasteiger partial charge in [-0.2, -0.15) is 13.2 Å². The summed E-state index contributed by atoms with van der Waals surface area (Å²) in [7, 11) is 0. The minimum Gasteiger partial charge on any atom is -0.398 e. The van der Waals surface area contributed by atoms with Gasteiger partial charge in [-0.25, -0.2) is 0 Å². The van der Waals surface area contributed by atoms with Gasteiger partial charge in [-0.05, 0) is 36.4 Å². The van der Waals surface area contributed by atoms with Crippen LogP contribution in [0.1, 0.15) is 5.56 Å². The molecule has 0 aliphatic rings. The second-order valence-electron chi connectivity index (χ2n) is 3.81. The lowest BCUT2D eigenvalue weighted by Gasteiger charge is -2.10. The van der Waals surface area contributed by atoms with E-state index >= 15 is 0 Å². The number of anilines is 1. The van der Waals surface area contributed by atoms with Gasteiger partial charge < -0.3 is 5.73 Å². The summed E-state index contributed by atoms with van der Waals surface area (Å²) < 4.78 is 37.5. The molecular weight excluding hydrogens is 295 g/mol. The third-order valence-corrected chi connectivity index (χ3v) is 3.68. The van der Waals surface area contributed by atoms with Crippen molar-refractivity contribution in [1.82, 2.24) is 0 Å². The Morgan fingerprint density at radius 2 is 1.79 bits per heavy atom. The first-order chi connectivity index (χ1) is 8.86. The van der Waals surface area contributed by atoms with E-state index in [1.54, 1.807) is 18.2 Å². The first-order valence-corrected chi connectivity index (χ1v) is 6.46. The van der Waals surface area contributed by atoms with E-state index < -0.39 is 11.7 Å². The molecular formula is C13H9ClF3NS. The molecule has 0 aliphatic heterocycles. The lowest BCUT2D eigenvalue weighted by molar-refractivity contribution is -0.137. The van der Waals surface area contributed by atoms with Crippen LogP contribution in [-0.2, 0) is 6.18 Å². The smallest absolute Gasteiger partial charge is 0.398 e. The van der Waals surface area contributed by atoms with E-state index in [4.69, 9.17) is 17.3 Å². The Hall–Kier alpha value is -1.33. The molecule has 0 spiro atoms. The fourth-order valence-electron chi connectivity index (χ4n) is 1.48. The van der Waals surface area contributed by atoms with Crippen molar-refractivity contribution in [3.63, 3.8) is 0 Å². The van der Waals surface area contributed by atoms with E-state index in [1.165, 1.54) is 17.8 Å². The highest BCUT2D eigenvalue weighted by Crippen LogP contribution is 2.37. The molecule has 19 heavy (non-hydrogen) atoms. The number of rotatable bonds is 2. The Morgan fingerprint density at radius 1 is 1.05 bits per heavy atom. The van der Waals surface area contributed by atoms with Crippen LogP contribution in [0.25, 0.3) is 0 Å². The molecule has 0 amide bonds. The van der Waals surface area contributed by atoms with E-state index in [0.717, 1.165) is 17.0 Å². The highest BCUT2D eigenvalue weighted by Gasteiger charge is 2.30. The number of nitrogen functional groups attached to an aromatic ring is 1. The predicted octanol–water partition coefficient (Wildman–Crippen LogP) is 5.09. The minimum absolute atomic E-state index is 0.0970. The molecule has 0 heterocycles. The van der Waals surface area contributed by atoms with Gasteiger partial charge in [-0.3, -0.25) is 0 Å². The second kappa shape index (κ2) is 5.35. The molecule has 0 aliphatic carbocycles. The second-order valence-corrected chi connectivity index (χ2v) is 5.36. The molecule has 0 saturated carbocycles. The van der Waals surface area contributed by atoms with E-state index in [2.05, 4.69) is 0 Å². The van der Waals surface area contributed by atoms with Crippen LogP contribution in [0.3, 0.4) is 0 Å². The monoisotopic (exact) mass is 303 g/mol. The third-order valence-electron chi connectivity index (χ3n) is 2.36. The molecule has 0 atom stereocenters. The fourth-order valence-corrected chi connectivity index (χ4v) is 2.63. The predicted molar refractivity (Wildman–Crippen MR) is 71.4 cm³/mol. The molecule has 2 aromatic rings. The Kier molecular flexibility index (Phi) is 3.96. The Morgan fingerprint density at radius 3 is 2.37 bits per heavy atom. The number of alkyl halides is 3. The lowest BCUT2D eigenvalue weighted by atomic mass is 10.2. The number of nitrogens with two attached hydrogens (primary N) is 1. The zero-order valence-electron chi connectivity index (χ0n) is 9.54. The molecule has 2 aromatic carbocycles. The summed E-state index contributed by atoms with van der Waals surface area (Å²) in [6.07, 6.45) is -4.38. The minimum atomic E-state index is -4.38. The zero-order valence-corrected chi connectivity index (χ0v) is 11.1. The Balaban J connectivity index is 2.27. The zero-order chi connectivity index (χ0) is 14.0. The standard InChI is InChI=1S/C13H9ClF3NS/c14-9-2-1-3-10(7-9)19-12-5-4-8(6-11(12)18)13(15,16)17/h1-7H,18H2. The molecule has 0 unspecified atom stereocenters. The summed E-state index contributed by atoms with van der Waals surface area (Å²) in [5.74, 6) is 0. The molecule has 0 bridgehead atoms. The SMILES string of the molecule is Nc1cc(C(F)(F)F)ccc1Sc1cccc(Cl)c1. The van der Waals surface area contributed by atoms with Gasteiger partial charge in [0.1, 0.15) is 0 Å². The van der Waals surface area contributed by atoms with Crippen molar-refractivity contribution in [1.29, 1.82) is 0 Å². The van der Waals surface area contributed by atoms with Crippen LogP contribution in [0.4, 0.5) is 18.9 Å². The molecule has 6 heteroatoms. The molecule has 0 aromatic heterocycles. The molecule has 2 rings (SSSR count). The Labute approximate surface area is 117 Å². The topological polar surface area (TPSA) is 26.0 Å². The van der Waals surface area contributed by atoms with Gasteiger partial charge in [0.2, 0.25) is 0 Å². The average Bonchev–Trinajstić information content (AvgIpc) is 2.30. The van der Waals surface area contributed by atoms with Gasteiger partial charge >= 0.3 is 6.18 Å². The van der Waals surface area contributed by atoms with E-state index in [9.17, 15) is 13.2 Å². The summed E-state index contributed by atoms with van der Waals surface area (Å²) in [6.45, 7) is 0. The maximum absolute atomic E-state index is 12.5. The van der Waals surface area contributed by atoms with Gasteiger partial charge in [0.05, 0.1) is 5.56 Å². The Bertz CT molecular complexity index is 599.